The number of ether oxygens (including phenoxy) is 1. The third-order valence-corrected chi connectivity index (χ3v) is 4.35. The molecule has 1 aliphatic rings. The van der Waals surface area contributed by atoms with Crippen molar-refractivity contribution in [3.63, 3.8) is 0 Å². The van der Waals surface area contributed by atoms with E-state index in [1.165, 1.54) is 19.3 Å². The van der Waals surface area contributed by atoms with E-state index in [2.05, 4.69) is 29.6 Å². The second-order valence-electron chi connectivity index (χ2n) is 5.85. The summed E-state index contributed by atoms with van der Waals surface area (Å²) in [6.45, 7) is 1.19. The van der Waals surface area contributed by atoms with Crippen molar-refractivity contribution in [3.05, 3.63) is 24.3 Å². The highest BCUT2D eigenvalue weighted by Crippen LogP contribution is 2.35. The molecule has 0 saturated heterocycles. The van der Waals surface area contributed by atoms with Crippen LogP contribution >= 0.6 is 0 Å². The third kappa shape index (κ3) is 3.95. The van der Waals surface area contributed by atoms with Gasteiger partial charge in [0.2, 0.25) is 5.91 Å². The smallest absolute Gasteiger partial charge is 0.238 e. The highest BCUT2D eigenvalue weighted by molar-refractivity contribution is 5.92. The number of hydrogen-bond acceptors (Lipinski definition) is 4. The average Bonchev–Trinajstić information content (AvgIpc) is 2.42. The number of carbonyl (C=O) groups is 1. The molecule has 1 aromatic rings. The van der Waals surface area contributed by atoms with Crippen molar-refractivity contribution in [1.82, 2.24) is 10.2 Å². The Balaban J connectivity index is 1.74. The van der Waals surface area contributed by atoms with Crippen LogP contribution in [0.3, 0.4) is 0 Å². The van der Waals surface area contributed by atoms with E-state index in [9.17, 15) is 4.79 Å². The summed E-state index contributed by atoms with van der Waals surface area (Å²) >= 11 is 0. The summed E-state index contributed by atoms with van der Waals surface area (Å²) in [4.78, 5) is 14.2. The molecular formula is C16H25N3O2. The molecule has 5 nitrogen and oxygen atoms in total. The van der Waals surface area contributed by atoms with Gasteiger partial charge in [0.05, 0.1) is 13.7 Å². The van der Waals surface area contributed by atoms with Gasteiger partial charge < -0.3 is 20.3 Å². The van der Waals surface area contributed by atoms with Gasteiger partial charge in [-0.1, -0.05) is 0 Å². The third-order valence-electron chi connectivity index (χ3n) is 4.35. The molecule has 0 aliphatic heterocycles. The fourth-order valence-electron chi connectivity index (χ4n) is 2.66. The minimum absolute atomic E-state index is 0.0200. The average molecular weight is 291 g/mol. The molecule has 1 aliphatic carbocycles. The van der Waals surface area contributed by atoms with Crippen LogP contribution in [0.5, 0.6) is 5.75 Å². The second-order valence-corrected chi connectivity index (χ2v) is 5.85. The summed E-state index contributed by atoms with van der Waals surface area (Å²) in [6.07, 6.45) is 3.68. The Morgan fingerprint density at radius 1 is 1.29 bits per heavy atom. The molecule has 5 heteroatoms. The van der Waals surface area contributed by atoms with Gasteiger partial charge in [0.1, 0.15) is 5.75 Å². The molecule has 0 unspecified atom stereocenters. The maximum atomic E-state index is 11.9. The number of anilines is 1. The largest absolute Gasteiger partial charge is 0.497 e. The molecule has 21 heavy (non-hydrogen) atoms. The molecule has 2 rings (SSSR count). The Kier molecular flexibility index (Phi) is 5.20. The second kappa shape index (κ2) is 6.91. The van der Waals surface area contributed by atoms with Gasteiger partial charge in [-0.2, -0.15) is 0 Å². The summed E-state index contributed by atoms with van der Waals surface area (Å²) in [6, 6.07) is 7.34. The Morgan fingerprint density at radius 3 is 2.43 bits per heavy atom. The predicted octanol–water partition coefficient (Wildman–Crippen LogP) is 1.71. The van der Waals surface area contributed by atoms with Gasteiger partial charge in [-0.25, -0.2) is 0 Å². The van der Waals surface area contributed by atoms with Crippen LogP contribution in [0.25, 0.3) is 0 Å². The summed E-state index contributed by atoms with van der Waals surface area (Å²) in [5.74, 6) is 0.762. The summed E-state index contributed by atoms with van der Waals surface area (Å²) in [5.41, 5.74) is 1.02. The number of amides is 1. The van der Waals surface area contributed by atoms with E-state index in [4.69, 9.17) is 4.74 Å². The van der Waals surface area contributed by atoms with Gasteiger partial charge in [-0.3, -0.25) is 4.79 Å². The first-order chi connectivity index (χ1) is 10.1. The highest BCUT2D eigenvalue weighted by Gasteiger charge is 2.38. The highest BCUT2D eigenvalue weighted by atomic mass is 16.5. The molecule has 0 atom stereocenters. The van der Waals surface area contributed by atoms with E-state index in [0.29, 0.717) is 6.54 Å². The van der Waals surface area contributed by atoms with E-state index in [-0.39, 0.29) is 11.4 Å². The lowest BCUT2D eigenvalue weighted by Crippen LogP contribution is -2.57. The van der Waals surface area contributed by atoms with Crippen LogP contribution in [0.2, 0.25) is 0 Å². The maximum Gasteiger partial charge on any atom is 0.238 e. The van der Waals surface area contributed by atoms with Gasteiger partial charge >= 0.3 is 0 Å². The molecule has 1 aromatic carbocycles. The Bertz CT molecular complexity index is 467. The molecule has 0 spiro atoms. The summed E-state index contributed by atoms with van der Waals surface area (Å²) < 4.78 is 5.09. The molecule has 1 fully saturated rings. The number of likely N-dealkylation sites (N-methyl/N-ethyl adjacent to an activating group) is 1. The first kappa shape index (κ1) is 15.8. The molecule has 0 radical (unpaired) electrons. The fraction of sp³-hybridized carbons (Fsp3) is 0.562. The normalized spacial score (nSPS) is 16.4. The number of hydrogen-bond donors (Lipinski definition) is 2. The van der Waals surface area contributed by atoms with E-state index < -0.39 is 0 Å². The van der Waals surface area contributed by atoms with Crippen LogP contribution in [0.15, 0.2) is 24.3 Å². The zero-order valence-corrected chi connectivity index (χ0v) is 13.1. The van der Waals surface area contributed by atoms with Gasteiger partial charge in [0.25, 0.3) is 0 Å². The Labute approximate surface area is 126 Å². The number of methoxy groups -OCH3 is 1. The minimum Gasteiger partial charge on any atom is -0.497 e. The minimum atomic E-state index is -0.0200. The van der Waals surface area contributed by atoms with Crippen LogP contribution in [0, 0.1) is 0 Å². The van der Waals surface area contributed by atoms with Gasteiger partial charge in [0, 0.05) is 17.8 Å². The number of benzene rings is 1. The van der Waals surface area contributed by atoms with Crippen molar-refractivity contribution in [3.8, 4) is 5.75 Å². The Morgan fingerprint density at radius 2 is 1.95 bits per heavy atom. The van der Waals surface area contributed by atoms with Crippen molar-refractivity contribution in [2.45, 2.75) is 24.8 Å². The summed E-state index contributed by atoms with van der Waals surface area (Å²) in [7, 11) is 5.84. The molecule has 0 heterocycles. The van der Waals surface area contributed by atoms with E-state index in [0.717, 1.165) is 18.0 Å². The van der Waals surface area contributed by atoms with Crippen molar-refractivity contribution in [2.24, 2.45) is 0 Å². The van der Waals surface area contributed by atoms with Crippen LogP contribution in [0.4, 0.5) is 5.69 Å². The number of carbonyl (C=O) groups excluding carboxylic acids is 1. The van der Waals surface area contributed by atoms with Crippen molar-refractivity contribution in [2.75, 3.05) is 39.6 Å². The predicted molar refractivity (Wildman–Crippen MR) is 84.8 cm³/mol. The molecule has 2 N–H and O–H groups in total. The zero-order valence-electron chi connectivity index (χ0n) is 13.1. The molecular weight excluding hydrogens is 266 g/mol. The lowest BCUT2D eigenvalue weighted by molar-refractivity contribution is -0.115. The van der Waals surface area contributed by atoms with Gasteiger partial charge in [-0.05, 0) is 57.6 Å². The van der Waals surface area contributed by atoms with E-state index in [1.807, 2.05) is 24.3 Å². The van der Waals surface area contributed by atoms with Gasteiger partial charge in [-0.15, -0.1) is 0 Å². The fourth-order valence-corrected chi connectivity index (χ4v) is 2.66. The first-order valence-electron chi connectivity index (χ1n) is 7.38. The van der Waals surface area contributed by atoms with Crippen LogP contribution in [-0.4, -0.2) is 50.6 Å². The lowest BCUT2D eigenvalue weighted by Gasteiger charge is -2.47. The van der Waals surface area contributed by atoms with Crippen LogP contribution < -0.4 is 15.4 Å². The SMILES string of the molecule is COc1ccc(NC(=O)CNCC2(N(C)C)CCC2)cc1. The molecule has 116 valence electrons. The molecule has 1 amide bonds. The Hall–Kier alpha value is -1.59. The van der Waals surface area contributed by atoms with E-state index >= 15 is 0 Å². The van der Waals surface area contributed by atoms with Crippen LogP contribution in [-0.2, 0) is 4.79 Å². The standard InChI is InChI=1S/C16H25N3O2/c1-19(2)16(9-4-10-16)12-17-11-15(20)18-13-5-7-14(21-3)8-6-13/h5-8,17H,4,9-12H2,1-3H3,(H,18,20). The number of nitrogens with zero attached hydrogens (tertiary/aromatic N) is 1. The number of rotatable bonds is 7. The molecule has 0 aromatic heterocycles. The van der Waals surface area contributed by atoms with Gasteiger partial charge in [0.15, 0.2) is 0 Å². The van der Waals surface area contributed by atoms with Crippen LogP contribution in [0.1, 0.15) is 19.3 Å². The topological polar surface area (TPSA) is 53.6 Å². The van der Waals surface area contributed by atoms with E-state index in [1.54, 1.807) is 7.11 Å². The molecule has 0 bridgehead atoms. The summed E-state index contributed by atoms with van der Waals surface area (Å²) in [5, 5.41) is 6.15. The maximum absolute atomic E-state index is 11.9. The lowest BCUT2D eigenvalue weighted by atomic mass is 9.75. The van der Waals surface area contributed by atoms with Crippen molar-refractivity contribution >= 4 is 11.6 Å². The first-order valence-corrected chi connectivity index (χ1v) is 7.38. The zero-order chi connectivity index (χ0) is 15.3. The quantitative estimate of drug-likeness (QED) is 0.803. The van der Waals surface area contributed by atoms with Crippen molar-refractivity contribution in [1.29, 1.82) is 0 Å². The number of nitrogens with one attached hydrogen (secondary N) is 2. The monoisotopic (exact) mass is 291 g/mol. The van der Waals surface area contributed by atoms with Crippen molar-refractivity contribution < 1.29 is 9.53 Å². The molecule has 1 saturated carbocycles.